The highest BCUT2D eigenvalue weighted by Crippen LogP contribution is 2.25. The van der Waals surface area contributed by atoms with Gasteiger partial charge in [0.15, 0.2) is 5.69 Å². The third-order valence-corrected chi connectivity index (χ3v) is 5.23. The van der Waals surface area contributed by atoms with Crippen LogP contribution < -0.4 is 11.2 Å². The third-order valence-electron chi connectivity index (χ3n) is 4.21. The Kier molecular flexibility index (Phi) is 6.68. The number of benzene rings is 2. The minimum atomic E-state index is -0.515. The number of hydrogen-bond donors (Lipinski definition) is 2. The number of amides is 1. The fourth-order valence-corrected chi connectivity index (χ4v) is 3.61. The highest BCUT2D eigenvalue weighted by molar-refractivity contribution is 7.98. The summed E-state index contributed by atoms with van der Waals surface area (Å²) in [6.07, 6.45) is 5.07. The molecule has 4 rings (SSSR count). The summed E-state index contributed by atoms with van der Waals surface area (Å²) < 4.78 is 6.01. The molecule has 10 nitrogen and oxygen atoms in total. The van der Waals surface area contributed by atoms with Crippen LogP contribution in [0.1, 0.15) is 21.7 Å². The van der Waals surface area contributed by atoms with Crippen molar-refractivity contribution in [2.45, 2.75) is 10.6 Å². The van der Waals surface area contributed by atoms with E-state index >= 15 is 0 Å². The van der Waals surface area contributed by atoms with Crippen LogP contribution in [0.15, 0.2) is 81.4 Å². The molecule has 0 saturated heterocycles. The molecule has 0 fully saturated rings. The minimum Gasteiger partial charge on any atom is -0.378 e. The van der Waals surface area contributed by atoms with Crippen molar-refractivity contribution < 1.29 is 9.42 Å². The molecular weight excluding hydrogens is 428 g/mol. The quantitative estimate of drug-likeness (QED) is 0.239. The second kappa shape index (κ2) is 10.2. The summed E-state index contributed by atoms with van der Waals surface area (Å²) in [6.45, 7) is 0. The first-order valence-corrected chi connectivity index (χ1v) is 10.5. The van der Waals surface area contributed by atoms with Gasteiger partial charge in [-0.3, -0.25) is 4.79 Å². The zero-order valence-electron chi connectivity index (χ0n) is 16.7. The number of aromatic nitrogens is 5. The molecule has 4 aromatic rings. The Morgan fingerprint density at radius 3 is 2.59 bits per heavy atom. The maximum Gasteiger partial charge on any atom is 0.293 e. The topological polar surface area (TPSA) is 137 Å². The number of hydrogen-bond acceptors (Lipinski definition) is 9. The van der Waals surface area contributed by atoms with Crippen LogP contribution in [0.5, 0.6) is 0 Å². The first-order valence-electron chi connectivity index (χ1n) is 9.48. The Bertz CT molecular complexity index is 1240. The zero-order valence-corrected chi connectivity index (χ0v) is 17.5. The van der Waals surface area contributed by atoms with Gasteiger partial charge in [-0.15, -0.1) is 16.9 Å². The molecule has 2 heterocycles. The number of nitrogens with one attached hydrogen (secondary N) is 1. The molecule has 0 spiro atoms. The molecule has 0 radical (unpaired) electrons. The number of nitrogens with zero attached hydrogens (tertiary/aromatic N) is 6. The first-order chi connectivity index (χ1) is 15.7. The number of carbonyl (C=O) groups excluding carboxylic acids is 1. The lowest BCUT2D eigenvalue weighted by molar-refractivity contribution is 0.0949. The maximum absolute atomic E-state index is 12.7. The molecule has 2 aromatic carbocycles. The van der Waals surface area contributed by atoms with Crippen LogP contribution in [0, 0.1) is 0 Å². The van der Waals surface area contributed by atoms with Gasteiger partial charge in [0.2, 0.25) is 11.6 Å². The van der Waals surface area contributed by atoms with E-state index in [1.807, 2.05) is 66.7 Å². The second-order valence-corrected chi connectivity index (χ2v) is 7.41. The Hall–Kier alpha value is -4.25. The van der Waals surface area contributed by atoms with Crippen molar-refractivity contribution in [2.24, 2.45) is 5.10 Å². The van der Waals surface area contributed by atoms with Gasteiger partial charge in [0.05, 0.1) is 5.69 Å². The molecule has 0 unspecified atom stereocenters. The zero-order chi connectivity index (χ0) is 22.2. The predicted octanol–water partition coefficient (Wildman–Crippen LogP) is 2.95. The summed E-state index contributed by atoms with van der Waals surface area (Å²) in [4.78, 5) is 13.7. The van der Waals surface area contributed by atoms with Crippen molar-refractivity contribution in [3.8, 4) is 5.82 Å². The molecule has 11 heteroatoms. The Morgan fingerprint density at radius 1 is 1.12 bits per heavy atom. The van der Waals surface area contributed by atoms with Crippen molar-refractivity contribution in [1.82, 2.24) is 30.7 Å². The van der Waals surface area contributed by atoms with E-state index in [2.05, 4.69) is 35.8 Å². The normalized spacial score (nSPS) is 11.4. The molecule has 160 valence electrons. The third kappa shape index (κ3) is 5.08. The lowest BCUT2D eigenvalue weighted by Crippen LogP contribution is -2.20. The fraction of sp³-hybridized carbons (Fsp3) is 0.0476. The van der Waals surface area contributed by atoms with Crippen LogP contribution in [0.4, 0.5) is 5.82 Å². The van der Waals surface area contributed by atoms with E-state index in [0.717, 1.165) is 10.5 Å². The van der Waals surface area contributed by atoms with E-state index in [1.165, 1.54) is 22.7 Å². The summed E-state index contributed by atoms with van der Waals surface area (Å²) in [5.41, 5.74) is 9.86. The fourth-order valence-electron chi connectivity index (χ4n) is 2.69. The number of nitrogen functional groups attached to an aromatic ring is 1. The summed E-state index contributed by atoms with van der Waals surface area (Å²) in [6, 6.07) is 19.5. The number of thioether (sulfide) groups is 1. The number of nitrogens with two attached hydrogens (primary N) is 1. The molecule has 3 N–H and O–H groups in total. The number of hydrazone groups is 1. The summed E-state index contributed by atoms with van der Waals surface area (Å²) >= 11 is 1.51. The van der Waals surface area contributed by atoms with Gasteiger partial charge in [0, 0.05) is 16.9 Å². The Balaban J connectivity index is 1.51. The van der Waals surface area contributed by atoms with Gasteiger partial charge in [-0.2, -0.15) is 9.78 Å². The highest BCUT2D eigenvalue weighted by atomic mass is 32.2. The molecule has 32 heavy (non-hydrogen) atoms. The standard InChI is InChI=1S/C21H18N8O2S/c22-19-20(27-31-26-19)29-17(14-32-16-11-5-2-6-12-16)18(24-28-29)21(30)25-23-13-7-10-15-8-3-1-4-9-15/h1-13H,14H2,(H2,22,26)(H,25,30)/b10-7+,23-13-. The van der Waals surface area contributed by atoms with Crippen LogP contribution in [-0.4, -0.2) is 37.4 Å². The number of anilines is 1. The van der Waals surface area contributed by atoms with Gasteiger partial charge in [0.1, 0.15) is 0 Å². The van der Waals surface area contributed by atoms with Crippen LogP contribution in [0.3, 0.4) is 0 Å². The largest absolute Gasteiger partial charge is 0.378 e. The van der Waals surface area contributed by atoms with Crippen molar-refractivity contribution in [1.29, 1.82) is 0 Å². The first kappa shape index (κ1) is 21.0. The van der Waals surface area contributed by atoms with Gasteiger partial charge >= 0.3 is 0 Å². The van der Waals surface area contributed by atoms with Crippen LogP contribution in [0.2, 0.25) is 0 Å². The van der Waals surface area contributed by atoms with E-state index in [0.29, 0.717) is 11.4 Å². The van der Waals surface area contributed by atoms with Crippen LogP contribution in [0.25, 0.3) is 11.9 Å². The number of allylic oxidation sites excluding steroid dienone is 1. The molecular formula is C21H18N8O2S. The molecule has 0 saturated carbocycles. The van der Waals surface area contributed by atoms with Crippen LogP contribution in [-0.2, 0) is 5.75 Å². The van der Waals surface area contributed by atoms with Gasteiger partial charge in [0.25, 0.3) is 5.91 Å². The summed E-state index contributed by atoms with van der Waals surface area (Å²) in [7, 11) is 0. The van der Waals surface area contributed by atoms with Crippen LogP contribution >= 0.6 is 11.8 Å². The lowest BCUT2D eigenvalue weighted by Gasteiger charge is -2.05. The maximum atomic E-state index is 12.7. The molecule has 0 bridgehead atoms. The molecule has 0 atom stereocenters. The number of rotatable bonds is 8. The van der Waals surface area contributed by atoms with E-state index in [9.17, 15) is 4.79 Å². The predicted molar refractivity (Wildman–Crippen MR) is 121 cm³/mol. The van der Waals surface area contributed by atoms with E-state index in [-0.39, 0.29) is 17.3 Å². The van der Waals surface area contributed by atoms with Gasteiger partial charge in [-0.05, 0) is 34.1 Å². The lowest BCUT2D eigenvalue weighted by atomic mass is 10.2. The average Bonchev–Trinajstić information content (AvgIpc) is 3.44. The minimum absolute atomic E-state index is 0.0388. The van der Waals surface area contributed by atoms with Gasteiger partial charge < -0.3 is 5.73 Å². The van der Waals surface area contributed by atoms with E-state index in [4.69, 9.17) is 5.73 Å². The van der Waals surface area contributed by atoms with E-state index in [1.54, 1.807) is 6.08 Å². The number of carbonyl (C=O) groups is 1. The molecule has 0 aliphatic heterocycles. The molecule has 2 aromatic heterocycles. The monoisotopic (exact) mass is 446 g/mol. The smallest absolute Gasteiger partial charge is 0.293 e. The van der Waals surface area contributed by atoms with Gasteiger partial charge in [-0.25, -0.2) is 10.1 Å². The Labute approximate surface area is 187 Å². The summed E-state index contributed by atoms with van der Waals surface area (Å²) in [5, 5.41) is 19.3. The molecule has 0 aliphatic carbocycles. The van der Waals surface area contributed by atoms with Crippen molar-refractivity contribution >= 4 is 35.8 Å². The molecule has 1 amide bonds. The molecule has 0 aliphatic rings. The SMILES string of the molecule is Nc1nonc1-n1nnc(C(=O)N/N=C\C=C\c2ccccc2)c1CSc1ccccc1. The average molecular weight is 446 g/mol. The second-order valence-electron chi connectivity index (χ2n) is 6.36. The highest BCUT2D eigenvalue weighted by Gasteiger charge is 2.23. The van der Waals surface area contributed by atoms with Crippen molar-refractivity contribution in [3.05, 3.63) is 83.7 Å². The van der Waals surface area contributed by atoms with Crippen molar-refractivity contribution in [3.63, 3.8) is 0 Å². The van der Waals surface area contributed by atoms with Crippen molar-refractivity contribution in [2.75, 3.05) is 5.73 Å². The Morgan fingerprint density at radius 2 is 1.88 bits per heavy atom. The van der Waals surface area contributed by atoms with Gasteiger partial charge in [-0.1, -0.05) is 59.8 Å². The van der Waals surface area contributed by atoms with E-state index < -0.39 is 5.91 Å². The summed E-state index contributed by atoms with van der Waals surface area (Å²) in [5.74, 6) is 0.0645.